The first-order valence-corrected chi connectivity index (χ1v) is 10.6. The molecule has 1 aliphatic rings. The van der Waals surface area contributed by atoms with Gasteiger partial charge in [-0.1, -0.05) is 32.9 Å². The van der Waals surface area contributed by atoms with Crippen molar-refractivity contribution in [2.75, 3.05) is 19.6 Å². The molecule has 0 unspecified atom stereocenters. The number of aliphatic imine (C=N–C) groups is 2. The summed E-state index contributed by atoms with van der Waals surface area (Å²) in [6.45, 7) is 15.5. The molecule has 28 heavy (non-hydrogen) atoms. The highest BCUT2D eigenvalue weighted by Crippen LogP contribution is 2.16. The van der Waals surface area contributed by atoms with Crippen molar-refractivity contribution in [2.45, 2.75) is 72.3 Å². The average Bonchev–Trinajstić information content (AvgIpc) is 2.69. The molecule has 0 aliphatic carbocycles. The fourth-order valence-corrected chi connectivity index (χ4v) is 3.48. The molecular formula is C23H37N5. The summed E-state index contributed by atoms with van der Waals surface area (Å²) in [4.78, 5) is 11.5. The molecule has 0 aromatic heterocycles. The largest absolute Gasteiger partial charge is 0.329 e. The lowest BCUT2D eigenvalue weighted by Crippen LogP contribution is -2.36. The van der Waals surface area contributed by atoms with Gasteiger partial charge in [0.25, 0.3) is 0 Å². The Kier molecular flexibility index (Phi) is 11.8. The van der Waals surface area contributed by atoms with Gasteiger partial charge < -0.3 is 10.2 Å². The molecule has 0 fully saturated rings. The van der Waals surface area contributed by atoms with Gasteiger partial charge in [0.2, 0.25) is 0 Å². The van der Waals surface area contributed by atoms with Crippen molar-refractivity contribution in [1.29, 1.82) is 5.26 Å². The van der Waals surface area contributed by atoms with E-state index in [1.165, 1.54) is 44.3 Å². The zero-order valence-corrected chi connectivity index (χ0v) is 18.2. The van der Waals surface area contributed by atoms with Gasteiger partial charge >= 0.3 is 0 Å². The first-order chi connectivity index (χ1) is 13.5. The van der Waals surface area contributed by atoms with E-state index >= 15 is 0 Å². The first-order valence-electron chi connectivity index (χ1n) is 10.6. The van der Waals surface area contributed by atoms with E-state index in [0.717, 1.165) is 31.1 Å². The summed E-state index contributed by atoms with van der Waals surface area (Å²) in [5, 5.41) is 11.9. The van der Waals surface area contributed by atoms with Gasteiger partial charge in [0.15, 0.2) is 0 Å². The van der Waals surface area contributed by atoms with Crippen LogP contribution >= 0.6 is 0 Å². The van der Waals surface area contributed by atoms with Crippen molar-refractivity contribution < 1.29 is 0 Å². The molecular weight excluding hydrogens is 346 g/mol. The van der Waals surface area contributed by atoms with E-state index in [4.69, 9.17) is 5.26 Å². The number of rotatable bonds is 11. The molecule has 0 aromatic rings. The van der Waals surface area contributed by atoms with E-state index in [-0.39, 0.29) is 0 Å². The zero-order valence-electron chi connectivity index (χ0n) is 18.2. The number of nitrogens with zero attached hydrogens (tertiary/aromatic N) is 4. The molecule has 0 amide bonds. The molecule has 0 spiro atoms. The van der Waals surface area contributed by atoms with Crippen molar-refractivity contribution in [1.82, 2.24) is 10.2 Å². The molecule has 0 atom stereocenters. The third-order valence-electron chi connectivity index (χ3n) is 4.97. The van der Waals surface area contributed by atoms with Crippen molar-refractivity contribution in [3.8, 4) is 6.07 Å². The second-order valence-electron chi connectivity index (χ2n) is 7.22. The van der Waals surface area contributed by atoms with Gasteiger partial charge in [-0.2, -0.15) is 5.26 Å². The number of hydrogen-bond acceptors (Lipinski definition) is 4. The van der Waals surface area contributed by atoms with Gasteiger partial charge in [0.1, 0.15) is 11.7 Å². The molecule has 5 nitrogen and oxygen atoms in total. The molecule has 5 heteroatoms. The Morgan fingerprint density at radius 2 is 2.14 bits per heavy atom. The van der Waals surface area contributed by atoms with Crippen molar-refractivity contribution >= 4 is 11.7 Å². The summed E-state index contributed by atoms with van der Waals surface area (Å²) in [6, 6.07) is 2.68. The second kappa shape index (κ2) is 13.9. The van der Waals surface area contributed by atoms with Crippen LogP contribution in [0.5, 0.6) is 0 Å². The van der Waals surface area contributed by atoms with E-state index < -0.39 is 0 Å². The molecule has 0 radical (unpaired) electrons. The van der Waals surface area contributed by atoms with Gasteiger partial charge in [-0.05, 0) is 70.7 Å². The number of amidine groups is 2. The zero-order chi connectivity index (χ0) is 20.8. The van der Waals surface area contributed by atoms with Crippen molar-refractivity contribution in [3.05, 3.63) is 36.1 Å². The Labute approximate surface area is 171 Å². The van der Waals surface area contributed by atoms with Crippen LogP contribution in [-0.4, -0.2) is 42.2 Å². The fourth-order valence-electron chi connectivity index (χ4n) is 3.48. The predicted molar refractivity (Wildman–Crippen MR) is 121 cm³/mol. The predicted octanol–water partition coefficient (Wildman–Crippen LogP) is 5.00. The van der Waals surface area contributed by atoms with Crippen LogP contribution in [-0.2, 0) is 0 Å². The van der Waals surface area contributed by atoms with Crippen LogP contribution in [0.4, 0.5) is 0 Å². The third kappa shape index (κ3) is 9.14. The van der Waals surface area contributed by atoms with Crippen LogP contribution in [0, 0.1) is 11.3 Å². The maximum Gasteiger partial charge on any atom is 0.126 e. The molecule has 1 rings (SSSR count). The summed E-state index contributed by atoms with van der Waals surface area (Å²) in [5.41, 5.74) is 1.85. The normalized spacial score (nSPS) is 15.0. The monoisotopic (exact) mass is 383 g/mol. The van der Waals surface area contributed by atoms with Crippen LogP contribution < -0.4 is 5.32 Å². The number of nitrogens with one attached hydrogen (secondary N) is 1. The maximum atomic E-state index is 8.69. The number of dihydropyridines is 1. The van der Waals surface area contributed by atoms with Crippen LogP contribution in [0.1, 0.15) is 66.2 Å². The van der Waals surface area contributed by atoms with E-state index in [1.54, 1.807) is 12.3 Å². The lowest BCUT2D eigenvalue weighted by molar-refractivity contribution is 0.183. The lowest BCUT2D eigenvalue weighted by atomic mass is 10.0. The minimum absolute atomic E-state index is 0.388. The van der Waals surface area contributed by atoms with E-state index in [9.17, 15) is 0 Å². The molecule has 0 bridgehead atoms. The summed E-state index contributed by atoms with van der Waals surface area (Å²) in [5.74, 6) is 1.63. The summed E-state index contributed by atoms with van der Waals surface area (Å²) in [6.07, 6.45) is 12.4. The minimum atomic E-state index is 0.388. The smallest absolute Gasteiger partial charge is 0.126 e. The third-order valence-corrected chi connectivity index (χ3v) is 4.97. The molecule has 154 valence electrons. The highest BCUT2D eigenvalue weighted by molar-refractivity contribution is 6.06. The van der Waals surface area contributed by atoms with Crippen molar-refractivity contribution in [3.63, 3.8) is 0 Å². The number of hydrogen-bond donors (Lipinski definition) is 1. The summed E-state index contributed by atoms with van der Waals surface area (Å²) >= 11 is 0. The highest BCUT2D eigenvalue weighted by atomic mass is 15.1. The van der Waals surface area contributed by atoms with E-state index in [1.807, 2.05) is 13.0 Å². The molecule has 0 saturated heterocycles. The molecule has 0 aromatic carbocycles. The summed E-state index contributed by atoms with van der Waals surface area (Å²) < 4.78 is 0. The van der Waals surface area contributed by atoms with E-state index in [2.05, 4.69) is 53.6 Å². The topological polar surface area (TPSA) is 63.8 Å². The second-order valence-corrected chi connectivity index (χ2v) is 7.22. The fraction of sp³-hybridized carbons (Fsp3) is 0.609. The minimum Gasteiger partial charge on any atom is -0.329 e. The number of nitriles is 1. The molecule has 0 saturated carbocycles. The van der Waals surface area contributed by atoms with Crippen LogP contribution in [0.15, 0.2) is 46.1 Å². The maximum absolute atomic E-state index is 8.69. The Morgan fingerprint density at radius 3 is 2.79 bits per heavy atom. The Bertz CT molecular complexity index is 644. The van der Waals surface area contributed by atoms with Gasteiger partial charge in [-0.25, -0.2) is 4.99 Å². The number of allylic oxidation sites excluding steroid dienone is 2. The van der Waals surface area contributed by atoms with Crippen LogP contribution in [0.2, 0.25) is 0 Å². The van der Waals surface area contributed by atoms with Gasteiger partial charge in [-0.15, -0.1) is 0 Å². The quantitative estimate of drug-likeness (QED) is 0.236. The standard InChI is InChI=1S/C23H37N5/c1-6-15-28(22(7-2)8-3)16-9-10-21-12-14-26-23(17-21)27-20(5)25-13-11-19(4)18-24/h11,13,17,22H,4,6-10,12,14-16H2,1-3,5H3,(H,25,26,27)/b13-11-. The molecule has 1 heterocycles. The Balaban J connectivity index is 2.55. The van der Waals surface area contributed by atoms with Crippen molar-refractivity contribution in [2.24, 2.45) is 9.98 Å². The van der Waals surface area contributed by atoms with Gasteiger partial charge in [-0.3, -0.25) is 4.99 Å². The SMILES string of the molecule is C=C(C#N)/C=C\N=C(C)NC1=NCCC(CCCN(CCC)C(CC)CC)=C1. The van der Waals surface area contributed by atoms with Gasteiger partial charge in [0, 0.05) is 24.4 Å². The molecule has 1 aliphatic heterocycles. The molecule has 1 N–H and O–H groups in total. The average molecular weight is 384 g/mol. The Morgan fingerprint density at radius 1 is 1.39 bits per heavy atom. The van der Waals surface area contributed by atoms with Crippen LogP contribution in [0.25, 0.3) is 0 Å². The Hall–Kier alpha value is -2.19. The van der Waals surface area contributed by atoms with Crippen LogP contribution in [0.3, 0.4) is 0 Å². The van der Waals surface area contributed by atoms with Gasteiger partial charge in [0.05, 0.1) is 6.07 Å². The lowest BCUT2D eigenvalue weighted by Gasteiger charge is -2.30. The van der Waals surface area contributed by atoms with E-state index in [0.29, 0.717) is 11.6 Å². The first kappa shape index (κ1) is 23.8. The summed E-state index contributed by atoms with van der Waals surface area (Å²) in [7, 11) is 0. The highest BCUT2D eigenvalue weighted by Gasteiger charge is 2.14.